The number of hydrogen-bond donors (Lipinski definition) is 3. The van der Waals surface area contributed by atoms with Crippen molar-refractivity contribution < 1.29 is 24.2 Å². The zero-order valence-corrected chi connectivity index (χ0v) is 14.7. The molecule has 2 bridgehead atoms. The smallest absolute Gasteiger partial charge is 0.310 e. The van der Waals surface area contributed by atoms with Gasteiger partial charge in [-0.2, -0.15) is 0 Å². The van der Waals surface area contributed by atoms with E-state index >= 15 is 0 Å². The Balaban J connectivity index is 1.53. The van der Waals surface area contributed by atoms with Crippen LogP contribution in [-0.4, -0.2) is 29.5 Å². The highest BCUT2D eigenvalue weighted by molar-refractivity contribution is 5.90. The number of rotatable bonds is 5. The third kappa shape index (κ3) is 3.16. The van der Waals surface area contributed by atoms with Gasteiger partial charge in [-0.15, -0.1) is 0 Å². The van der Waals surface area contributed by atoms with Gasteiger partial charge >= 0.3 is 5.97 Å². The van der Waals surface area contributed by atoms with Crippen LogP contribution in [0.2, 0.25) is 0 Å². The maximum absolute atomic E-state index is 12.5. The second-order valence-corrected chi connectivity index (χ2v) is 7.10. The molecule has 4 atom stereocenters. The van der Waals surface area contributed by atoms with Gasteiger partial charge in [-0.3, -0.25) is 25.2 Å². The molecule has 1 saturated carbocycles. The van der Waals surface area contributed by atoms with E-state index in [0.29, 0.717) is 12.2 Å². The van der Waals surface area contributed by atoms with Crippen LogP contribution in [0.1, 0.15) is 18.9 Å². The second kappa shape index (κ2) is 6.82. The summed E-state index contributed by atoms with van der Waals surface area (Å²) in [6.07, 6.45) is 4.41. The van der Waals surface area contributed by atoms with Crippen LogP contribution < -0.4 is 15.6 Å². The number of benzene rings is 1. The predicted molar refractivity (Wildman–Crippen MR) is 92.9 cm³/mol. The van der Waals surface area contributed by atoms with Crippen molar-refractivity contribution in [1.82, 2.24) is 10.9 Å². The van der Waals surface area contributed by atoms with Crippen molar-refractivity contribution in [3.8, 4) is 5.75 Å². The van der Waals surface area contributed by atoms with Crippen molar-refractivity contribution in [3.63, 3.8) is 0 Å². The molecule has 2 amide bonds. The summed E-state index contributed by atoms with van der Waals surface area (Å²) in [5.41, 5.74) is 4.56. The first-order valence-corrected chi connectivity index (χ1v) is 8.52. The molecule has 1 aromatic carbocycles. The van der Waals surface area contributed by atoms with Crippen LogP contribution >= 0.6 is 0 Å². The van der Waals surface area contributed by atoms with E-state index in [2.05, 4.69) is 10.9 Å². The fourth-order valence-electron chi connectivity index (χ4n) is 3.88. The molecule has 3 rings (SSSR count). The maximum atomic E-state index is 12.5. The van der Waals surface area contributed by atoms with Crippen LogP contribution in [0.25, 0.3) is 0 Å². The summed E-state index contributed by atoms with van der Waals surface area (Å²) in [5.74, 6) is -2.46. The third-order valence-electron chi connectivity index (χ3n) is 5.42. The van der Waals surface area contributed by atoms with Crippen molar-refractivity contribution in [2.45, 2.75) is 20.3 Å². The molecule has 2 aliphatic rings. The first-order chi connectivity index (χ1) is 12.3. The largest absolute Gasteiger partial charge is 0.484 e. The number of aliphatic carboxylic acids is 1. The molecule has 0 heterocycles. The summed E-state index contributed by atoms with van der Waals surface area (Å²) in [7, 11) is 0. The fraction of sp³-hybridized carbons (Fsp3) is 0.421. The average Bonchev–Trinajstić information content (AvgIpc) is 3.19. The number of nitrogens with one attached hydrogen (secondary N) is 2. The number of fused-ring (bicyclic) bond motifs is 2. The number of carbonyl (C=O) groups is 3. The quantitative estimate of drug-likeness (QED) is 0.546. The molecule has 7 heteroatoms. The Kier molecular flexibility index (Phi) is 4.71. The monoisotopic (exact) mass is 358 g/mol. The molecule has 7 nitrogen and oxygen atoms in total. The number of carboxylic acid groups (broad SMARTS) is 1. The molecule has 0 radical (unpaired) electrons. The number of carboxylic acids is 1. The number of allylic oxidation sites excluding steroid dienone is 2. The van der Waals surface area contributed by atoms with Gasteiger partial charge in [0.2, 0.25) is 5.91 Å². The van der Waals surface area contributed by atoms with E-state index in [9.17, 15) is 19.5 Å². The lowest BCUT2D eigenvalue weighted by Gasteiger charge is -2.33. The molecule has 0 aliphatic heterocycles. The fourth-order valence-corrected chi connectivity index (χ4v) is 3.88. The molecular formula is C19H22N2O5. The molecule has 2 aliphatic carbocycles. The molecular weight excluding hydrogens is 336 g/mol. The molecule has 0 spiro atoms. The molecule has 0 aromatic heterocycles. The maximum Gasteiger partial charge on any atom is 0.310 e. The van der Waals surface area contributed by atoms with Crippen molar-refractivity contribution in [2.24, 2.45) is 23.2 Å². The molecule has 3 N–H and O–H groups in total. The van der Waals surface area contributed by atoms with Gasteiger partial charge in [-0.25, -0.2) is 0 Å². The van der Waals surface area contributed by atoms with E-state index in [-0.39, 0.29) is 18.4 Å². The molecule has 138 valence electrons. The highest BCUT2D eigenvalue weighted by Gasteiger charge is 2.60. The van der Waals surface area contributed by atoms with E-state index in [1.807, 2.05) is 31.2 Å². The lowest BCUT2D eigenvalue weighted by Crippen LogP contribution is -2.52. The minimum Gasteiger partial charge on any atom is -0.484 e. The van der Waals surface area contributed by atoms with Crippen molar-refractivity contribution >= 4 is 17.8 Å². The SMILES string of the molecule is Cc1ccc(OCC(=O)NNC(=O)[C@@H]2[C@@H]3C=C[C@@H](C3)[C@@]2(C)C(=O)O)cc1. The van der Waals surface area contributed by atoms with E-state index in [0.717, 1.165) is 5.56 Å². The topological polar surface area (TPSA) is 105 Å². The van der Waals surface area contributed by atoms with Gasteiger partial charge in [0.15, 0.2) is 6.61 Å². The molecule has 0 saturated heterocycles. The van der Waals surface area contributed by atoms with Crippen LogP contribution in [-0.2, 0) is 14.4 Å². The van der Waals surface area contributed by atoms with Gasteiger partial charge < -0.3 is 9.84 Å². The Labute approximate surface area is 151 Å². The summed E-state index contributed by atoms with van der Waals surface area (Å²) in [6, 6.07) is 7.23. The number of aryl methyl sites for hydroxylation is 1. The lowest BCUT2D eigenvalue weighted by atomic mass is 9.69. The Morgan fingerprint density at radius 1 is 1.19 bits per heavy atom. The predicted octanol–water partition coefficient (Wildman–Crippen LogP) is 1.43. The van der Waals surface area contributed by atoms with Crippen LogP contribution in [0.15, 0.2) is 36.4 Å². The summed E-state index contributed by atoms with van der Waals surface area (Å²) in [5, 5.41) is 9.60. The van der Waals surface area contributed by atoms with Crippen LogP contribution in [0.3, 0.4) is 0 Å². The normalized spacial score (nSPS) is 28.6. The lowest BCUT2D eigenvalue weighted by molar-refractivity contribution is -0.156. The van der Waals surface area contributed by atoms with Crippen molar-refractivity contribution in [1.29, 1.82) is 0 Å². The highest BCUT2D eigenvalue weighted by atomic mass is 16.5. The number of hydrazine groups is 1. The van der Waals surface area contributed by atoms with Gasteiger partial charge in [-0.05, 0) is 44.2 Å². The standard InChI is InChI=1S/C19H22N2O5/c1-11-3-7-14(8-4-11)26-10-15(22)20-21-17(23)16-12-5-6-13(9-12)19(16,2)18(24)25/h3-8,12-13,16H,9-10H2,1-2H3,(H,20,22)(H,21,23)(H,24,25)/t12-,13+,16+,19-/m1/s1. The van der Waals surface area contributed by atoms with E-state index in [4.69, 9.17) is 4.74 Å². The minimum absolute atomic E-state index is 0.123. The zero-order valence-electron chi connectivity index (χ0n) is 14.7. The van der Waals surface area contributed by atoms with Gasteiger partial charge in [0, 0.05) is 0 Å². The second-order valence-electron chi connectivity index (χ2n) is 7.10. The Hall–Kier alpha value is -2.83. The average molecular weight is 358 g/mol. The third-order valence-corrected chi connectivity index (χ3v) is 5.42. The molecule has 1 fully saturated rings. The summed E-state index contributed by atoms with van der Waals surface area (Å²) in [6.45, 7) is 3.29. The van der Waals surface area contributed by atoms with Crippen LogP contribution in [0.5, 0.6) is 5.75 Å². The van der Waals surface area contributed by atoms with Gasteiger partial charge in [-0.1, -0.05) is 29.8 Å². The Morgan fingerprint density at radius 3 is 2.54 bits per heavy atom. The summed E-state index contributed by atoms with van der Waals surface area (Å²) < 4.78 is 5.34. The number of ether oxygens (including phenoxy) is 1. The van der Waals surface area contributed by atoms with Gasteiger partial charge in [0.1, 0.15) is 5.75 Å². The highest BCUT2D eigenvalue weighted by Crippen LogP contribution is 2.56. The van der Waals surface area contributed by atoms with Gasteiger partial charge in [0.05, 0.1) is 11.3 Å². The molecule has 1 aromatic rings. The van der Waals surface area contributed by atoms with Crippen LogP contribution in [0.4, 0.5) is 0 Å². The van der Waals surface area contributed by atoms with E-state index < -0.39 is 29.1 Å². The molecule has 26 heavy (non-hydrogen) atoms. The Bertz CT molecular complexity index is 758. The molecule has 0 unspecified atom stereocenters. The number of amides is 2. The number of carbonyl (C=O) groups excluding carboxylic acids is 2. The first kappa shape index (κ1) is 18.0. The van der Waals surface area contributed by atoms with Crippen molar-refractivity contribution in [2.75, 3.05) is 6.61 Å². The summed E-state index contributed by atoms with van der Waals surface area (Å²) >= 11 is 0. The van der Waals surface area contributed by atoms with E-state index in [1.54, 1.807) is 19.1 Å². The minimum atomic E-state index is -1.16. The van der Waals surface area contributed by atoms with Crippen LogP contribution in [0, 0.1) is 30.1 Å². The Morgan fingerprint density at radius 2 is 1.88 bits per heavy atom. The number of hydrogen-bond acceptors (Lipinski definition) is 4. The first-order valence-electron chi connectivity index (χ1n) is 8.52. The summed E-state index contributed by atoms with van der Waals surface area (Å²) in [4.78, 5) is 36.1. The zero-order chi connectivity index (χ0) is 18.9. The van der Waals surface area contributed by atoms with E-state index in [1.165, 1.54) is 0 Å². The van der Waals surface area contributed by atoms with Crippen molar-refractivity contribution in [3.05, 3.63) is 42.0 Å². The van der Waals surface area contributed by atoms with Gasteiger partial charge in [0.25, 0.3) is 5.91 Å².